The standard InChI is InChI=1S/C13H17BrN2O2/c1-4-5-12(17)8-6-10-11(7-9(8)14)16(3)13(18)15(10)2/h6-7,12,17H,4-5H2,1-3H3. The van der Waals surface area contributed by atoms with Gasteiger partial charge in [-0.1, -0.05) is 29.3 Å². The second kappa shape index (κ2) is 4.90. The molecule has 0 spiro atoms. The minimum Gasteiger partial charge on any atom is -0.388 e. The Bertz CT molecular complexity index is 642. The highest BCUT2D eigenvalue weighted by Crippen LogP contribution is 2.30. The number of fused-ring (bicyclic) bond motifs is 1. The van der Waals surface area contributed by atoms with Crippen molar-refractivity contribution < 1.29 is 5.11 Å². The maximum atomic E-state index is 11.9. The van der Waals surface area contributed by atoms with Crippen molar-refractivity contribution in [2.45, 2.75) is 25.9 Å². The Labute approximate surface area is 114 Å². The summed E-state index contributed by atoms with van der Waals surface area (Å²) in [7, 11) is 3.49. The molecule has 0 saturated carbocycles. The fourth-order valence-electron chi connectivity index (χ4n) is 2.22. The molecule has 18 heavy (non-hydrogen) atoms. The summed E-state index contributed by atoms with van der Waals surface area (Å²) in [4.78, 5) is 11.9. The number of halogens is 1. The van der Waals surface area contributed by atoms with Gasteiger partial charge in [-0.05, 0) is 24.1 Å². The van der Waals surface area contributed by atoms with Gasteiger partial charge in [-0.15, -0.1) is 0 Å². The van der Waals surface area contributed by atoms with Gasteiger partial charge < -0.3 is 5.11 Å². The van der Waals surface area contributed by atoms with Crippen LogP contribution in [0.1, 0.15) is 31.4 Å². The summed E-state index contributed by atoms with van der Waals surface area (Å²) in [6.07, 6.45) is 1.13. The summed E-state index contributed by atoms with van der Waals surface area (Å²) in [5.41, 5.74) is 2.49. The molecule has 0 fully saturated rings. The minimum absolute atomic E-state index is 0.0565. The van der Waals surface area contributed by atoms with Crippen molar-refractivity contribution in [3.05, 3.63) is 32.7 Å². The SMILES string of the molecule is CCCC(O)c1cc2c(cc1Br)n(C)c(=O)n2C. The van der Waals surface area contributed by atoms with Gasteiger partial charge in [-0.3, -0.25) is 9.13 Å². The van der Waals surface area contributed by atoms with Crippen molar-refractivity contribution in [3.63, 3.8) is 0 Å². The molecule has 1 aromatic heterocycles. The lowest BCUT2D eigenvalue weighted by Crippen LogP contribution is -2.19. The molecule has 1 atom stereocenters. The van der Waals surface area contributed by atoms with Crippen LogP contribution in [0.4, 0.5) is 0 Å². The number of aliphatic hydroxyl groups is 1. The van der Waals surface area contributed by atoms with E-state index in [0.717, 1.165) is 27.5 Å². The van der Waals surface area contributed by atoms with Gasteiger partial charge >= 0.3 is 5.69 Å². The first-order valence-corrected chi connectivity index (χ1v) is 6.79. The summed E-state index contributed by atoms with van der Waals surface area (Å²) in [5, 5.41) is 10.1. The fourth-order valence-corrected chi connectivity index (χ4v) is 2.82. The molecule has 2 aromatic rings. The number of aryl methyl sites for hydroxylation is 2. The van der Waals surface area contributed by atoms with Crippen LogP contribution in [0.25, 0.3) is 11.0 Å². The molecule has 0 amide bonds. The number of imidazole rings is 1. The van der Waals surface area contributed by atoms with Crippen molar-refractivity contribution in [3.8, 4) is 0 Å². The van der Waals surface area contributed by atoms with Crippen LogP contribution in [0.3, 0.4) is 0 Å². The largest absolute Gasteiger partial charge is 0.388 e. The smallest absolute Gasteiger partial charge is 0.328 e. The van der Waals surface area contributed by atoms with Gasteiger partial charge in [0.1, 0.15) is 0 Å². The Balaban J connectivity index is 2.68. The fraction of sp³-hybridized carbons (Fsp3) is 0.462. The summed E-state index contributed by atoms with van der Waals surface area (Å²) in [5.74, 6) is 0. The third-order valence-corrected chi connectivity index (χ3v) is 4.00. The quantitative estimate of drug-likeness (QED) is 0.946. The highest BCUT2D eigenvalue weighted by molar-refractivity contribution is 9.10. The number of hydrogen-bond donors (Lipinski definition) is 1. The third kappa shape index (κ3) is 2.01. The number of hydrogen-bond acceptors (Lipinski definition) is 2. The second-order valence-electron chi connectivity index (χ2n) is 4.57. The molecular weight excluding hydrogens is 296 g/mol. The normalized spacial score (nSPS) is 13.2. The van der Waals surface area contributed by atoms with E-state index in [4.69, 9.17) is 0 Å². The van der Waals surface area contributed by atoms with Gasteiger partial charge in [0, 0.05) is 18.6 Å². The third-order valence-electron chi connectivity index (χ3n) is 3.31. The lowest BCUT2D eigenvalue weighted by molar-refractivity contribution is 0.166. The van der Waals surface area contributed by atoms with Crippen molar-refractivity contribution in [1.29, 1.82) is 0 Å². The summed E-state index contributed by atoms with van der Waals surface area (Å²) >= 11 is 3.47. The van der Waals surface area contributed by atoms with E-state index in [1.165, 1.54) is 0 Å². The maximum absolute atomic E-state index is 11.9. The summed E-state index contributed by atoms with van der Waals surface area (Å²) < 4.78 is 4.05. The van der Waals surface area contributed by atoms with Crippen molar-refractivity contribution in [2.75, 3.05) is 0 Å². The number of benzene rings is 1. The van der Waals surface area contributed by atoms with Gasteiger partial charge in [0.25, 0.3) is 0 Å². The molecule has 4 nitrogen and oxygen atoms in total. The molecule has 1 heterocycles. The number of rotatable bonds is 3. The molecule has 98 valence electrons. The predicted octanol–water partition coefficient (Wildman–Crippen LogP) is 2.47. The Kier molecular flexibility index (Phi) is 3.64. The highest BCUT2D eigenvalue weighted by Gasteiger charge is 2.15. The van der Waals surface area contributed by atoms with E-state index in [0.29, 0.717) is 6.42 Å². The topological polar surface area (TPSA) is 47.2 Å². The van der Waals surface area contributed by atoms with E-state index in [2.05, 4.69) is 15.9 Å². The van der Waals surface area contributed by atoms with Crippen LogP contribution >= 0.6 is 15.9 Å². The first-order chi connectivity index (χ1) is 8.47. The van der Waals surface area contributed by atoms with E-state index in [1.807, 2.05) is 19.1 Å². The van der Waals surface area contributed by atoms with E-state index >= 15 is 0 Å². The van der Waals surface area contributed by atoms with Crippen LogP contribution < -0.4 is 5.69 Å². The number of aliphatic hydroxyl groups excluding tert-OH is 1. The number of nitrogens with zero attached hydrogens (tertiary/aromatic N) is 2. The molecule has 1 unspecified atom stereocenters. The van der Waals surface area contributed by atoms with Crippen LogP contribution in [0.15, 0.2) is 21.4 Å². The Hall–Kier alpha value is -1.07. The molecule has 0 saturated heterocycles. The second-order valence-corrected chi connectivity index (χ2v) is 5.42. The minimum atomic E-state index is -0.496. The molecule has 0 aliphatic heterocycles. The molecule has 2 rings (SSSR count). The predicted molar refractivity (Wildman–Crippen MR) is 75.7 cm³/mol. The first-order valence-electron chi connectivity index (χ1n) is 6.00. The van der Waals surface area contributed by atoms with Crippen LogP contribution in [0.5, 0.6) is 0 Å². The first kappa shape index (κ1) is 13.4. The highest BCUT2D eigenvalue weighted by atomic mass is 79.9. The van der Waals surface area contributed by atoms with Gasteiger partial charge in [-0.25, -0.2) is 4.79 Å². The van der Waals surface area contributed by atoms with Gasteiger partial charge in [0.15, 0.2) is 0 Å². The van der Waals surface area contributed by atoms with Crippen LogP contribution in [-0.4, -0.2) is 14.2 Å². The maximum Gasteiger partial charge on any atom is 0.328 e. The summed E-state index contributed by atoms with van der Waals surface area (Å²) in [6.45, 7) is 2.04. The Morgan fingerprint density at radius 1 is 1.28 bits per heavy atom. The molecular formula is C13H17BrN2O2. The molecule has 0 bridgehead atoms. The monoisotopic (exact) mass is 312 g/mol. The molecule has 1 N–H and O–H groups in total. The zero-order chi connectivity index (χ0) is 13.4. The molecule has 0 aliphatic rings. The molecule has 0 radical (unpaired) electrons. The Morgan fingerprint density at radius 3 is 2.39 bits per heavy atom. The van der Waals surface area contributed by atoms with E-state index in [-0.39, 0.29) is 5.69 Å². The lowest BCUT2D eigenvalue weighted by Gasteiger charge is -2.12. The van der Waals surface area contributed by atoms with Crippen LogP contribution in [-0.2, 0) is 14.1 Å². The van der Waals surface area contributed by atoms with E-state index in [9.17, 15) is 9.90 Å². The van der Waals surface area contributed by atoms with Crippen molar-refractivity contribution >= 4 is 27.0 Å². The average Bonchev–Trinajstić information content (AvgIpc) is 2.54. The molecule has 0 aliphatic carbocycles. The van der Waals surface area contributed by atoms with Crippen LogP contribution in [0, 0.1) is 0 Å². The van der Waals surface area contributed by atoms with E-state index < -0.39 is 6.10 Å². The summed E-state index contributed by atoms with van der Waals surface area (Å²) in [6, 6.07) is 3.78. The molecule has 1 aromatic carbocycles. The van der Waals surface area contributed by atoms with Crippen LogP contribution in [0.2, 0.25) is 0 Å². The van der Waals surface area contributed by atoms with Gasteiger partial charge in [0.05, 0.1) is 17.1 Å². The van der Waals surface area contributed by atoms with E-state index in [1.54, 1.807) is 23.2 Å². The molecule has 5 heteroatoms. The average molecular weight is 313 g/mol. The Morgan fingerprint density at radius 2 is 1.83 bits per heavy atom. The zero-order valence-electron chi connectivity index (χ0n) is 10.8. The zero-order valence-corrected chi connectivity index (χ0v) is 12.4. The van der Waals surface area contributed by atoms with Crippen molar-refractivity contribution in [2.24, 2.45) is 14.1 Å². The van der Waals surface area contributed by atoms with Gasteiger partial charge in [0.2, 0.25) is 0 Å². The lowest BCUT2D eigenvalue weighted by atomic mass is 10.0. The van der Waals surface area contributed by atoms with Gasteiger partial charge in [-0.2, -0.15) is 0 Å². The number of aromatic nitrogens is 2. The van der Waals surface area contributed by atoms with Crippen molar-refractivity contribution in [1.82, 2.24) is 9.13 Å².